The van der Waals surface area contributed by atoms with Gasteiger partial charge < -0.3 is 0 Å². The molecule has 0 saturated heterocycles. The fourth-order valence-corrected chi connectivity index (χ4v) is 0.647. The van der Waals surface area contributed by atoms with E-state index in [0.717, 1.165) is 6.08 Å². The van der Waals surface area contributed by atoms with Crippen molar-refractivity contribution in [3.05, 3.63) is 24.3 Å². The first-order valence-corrected chi connectivity index (χ1v) is 4.09. The topological polar surface area (TPSA) is 0 Å². The summed E-state index contributed by atoms with van der Waals surface area (Å²) in [5.74, 6) is 0. The summed E-state index contributed by atoms with van der Waals surface area (Å²) in [6.07, 6.45) is -1.29. The molecule has 0 aliphatic rings. The summed E-state index contributed by atoms with van der Waals surface area (Å²) >= 11 is 3.09. The average Bonchev–Trinajstić information content (AvgIpc) is 1.86. The lowest BCUT2D eigenvalue weighted by Crippen LogP contribution is -2.08. The maximum atomic E-state index is 11.7. The van der Waals surface area contributed by atoms with Gasteiger partial charge in [0.15, 0.2) is 0 Å². The van der Waals surface area contributed by atoms with Gasteiger partial charge in [0.2, 0.25) is 0 Å². The predicted octanol–water partition coefficient (Wildman–Crippen LogP) is 3.45. The number of hydrogen-bond acceptors (Lipinski definition) is 0. The molecule has 0 heterocycles. The summed E-state index contributed by atoms with van der Waals surface area (Å²) in [7, 11) is 0. The molecular formula is C7H8BrF3. The zero-order valence-corrected chi connectivity index (χ0v) is 7.37. The Hall–Kier alpha value is -0.250. The molecule has 0 aromatic carbocycles. The molecule has 0 aromatic rings. The van der Waals surface area contributed by atoms with Gasteiger partial charge in [-0.05, 0) is 6.42 Å². The van der Waals surface area contributed by atoms with Gasteiger partial charge >= 0.3 is 6.18 Å². The largest absolute Gasteiger partial charge is 0.415 e. The van der Waals surface area contributed by atoms with Crippen LogP contribution >= 0.6 is 15.9 Å². The van der Waals surface area contributed by atoms with Crippen LogP contribution in [0.3, 0.4) is 0 Å². The van der Waals surface area contributed by atoms with Gasteiger partial charge in [-0.25, -0.2) is 0 Å². The van der Waals surface area contributed by atoms with Crippen molar-refractivity contribution in [3.8, 4) is 0 Å². The molecule has 0 atom stereocenters. The summed E-state index contributed by atoms with van der Waals surface area (Å²) in [6.45, 7) is 2.87. The van der Waals surface area contributed by atoms with Crippen LogP contribution in [0.1, 0.15) is 6.42 Å². The highest BCUT2D eigenvalue weighted by Crippen LogP contribution is 2.24. The second-order valence-electron chi connectivity index (χ2n) is 1.90. The molecule has 0 nitrogen and oxygen atoms in total. The monoisotopic (exact) mass is 228 g/mol. The maximum Gasteiger partial charge on any atom is 0.415 e. The second-order valence-corrected chi connectivity index (χ2v) is 2.70. The quantitative estimate of drug-likeness (QED) is 0.513. The highest BCUT2D eigenvalue weighted by Gasteiger charge is 2.29. The first kappa shape index (κ1) is 10.8. The molecule has 0 N–H and O–H groups in total. The fourth-order valence-electron chi connectivity index (χ4n) is 0.383. The highest BCUT2D eigenvalue weighted by molar-refractivity contribution is 9.09. The van der Waals surface area contributed by atoms with E-state index in [1.165, 1.54) is 6.08 Å². The normalized spacial score (nSPS) is 12.4. The van der Waals surface area contributed by atoms with Gasteiger partial charge in [0.05, 0.1) is 0 Å². The third-order valence-corrected chi connectivity index (χ3v) is 1.42. The molecule has 64 valence electrons. The lowest BCUT2D eigenvalue weighted by molar-refractivity contribution is -0.0878. The van der Waals surface area contributed by atoms with Gasteiger partial charge in [-0.3, -0.25) is 0 Å². The molecule has 0 saturated carbocycles. The molecule has 0 rings (SSSR count). The van der Waals surface area contributed by atoms with Gasteiger partial charge in [-0.1, -0.05) is 34.7 Å². The minimum Gasteiger partial charge on any atom is -0.166 e. The zero-order chi connectivity index (χ0) is 8.91. The van der Waals surface area contributed by atoms with Crippen LogP contribution in [0.5, 0.6) is 0 Å². The minimum atomic E-state index is -4.29. The van der Waals surface area contributed by atoms with Crippen LogP contribution < -0.4 is 0 Å². The molecule has 0 aliphatic heterocycles. The number of hydrogen-bond donors (Lipinski definition) is 0. The molecule has 4 heteroatoms. The molecule has 0 amide bonds. The van der Waals surface area contributed by atoms with E-state index in [9.17, 15) is 13.2 Å². The average molecular weight is 229 g/mol. The van der Waals surface area contributed by atoms with Gasteiger partial charge in [0.25, 0.3) is 0 Å². The molecule has 11 heavy (non-hydrogen) atoms. The van der Waals surface area contributed by atoms with Crippen LogP contribution in [-0.4, -0.2) is 11.5 Å². The van der Waals surface area contributed by atoms with E-state index >= 15 is 0 Å². The van der Waals surface area contributed by atoms with Crippen molar-refractivity contribution in [2.24, 2.45) is 0 Å². The lowest BCUT2D eigenvalue weighted by Gasteiger charge is -2.03. The van der Waals surface area contributed by atoms with Crippen LogP contribution in [-0.2, 0) is 0 Å². The van der Waals surface area contributed by atoms with Crippen molar-refractivity contribution in [2.75, 3.05) is 5.33 Å². The first-order chi connectivity index (χ1) is 4.98. The molecule has 0 unspecified atom stereocenters. The van der Waals surface area contributed by atoms with Gasteiger partial charge in [0.1, 0.15) is 0 Å². The van der Waals surface area contributed by atoms with Crippen molar-refractivity contribution < 1.29 is 13.2 Å². The molecular weight excluding hydrogens is 221 g/mol. The Morgan fingerprint density at radius 3 is 2.36 bits per heavy atom. The van der Waals surface area contributed by atoms with Crippen molar-refractivity contribution in [3.63, 3.8) is 0 Å². The summed E-state index contributed by atoms with van der Waals surface area (Å²) < 4.78 is 35.1. The maximum absolute atomic E-state index is 11.7. The molecule has 0 aliphatic carbocycles. The summed E-state index contributed by atoms with van der Waals surface area (Å²) in [6, 6.07) is 0. The van der Waals surface area contributed by atoms with Crippen molar-refractivity contribution >= 4 is 15.9 Å². The van der Waals surface area contributed by atoms with Crippen LogP contribution in [0.15, 0.2) is 24.3 Å². The van der Waals surface area contributed by atoms with E-state index in [4.69, 9.17) is 0 Å². The van der Waals surface area contributed by atoms with E-state index in [2.05, 4.69) is 22.5 Å². The molecule has 0 radical (unpaired) electrons. The van der Waals surface area contributed by atoms with Gasteiger partial charge in [-0.2, -0.15) is 13.2 Å². The Bertz CT molecular complexity index is 158. The van der Waals surface area contributed by atoms with Crippen molar-refractivity contribution in [1.82, 2.24) is 0 Å². The van der Waals surface area contributed by atoms with E-state index in [0.29, 0.717) is 11.8 Å². The Balaban J connectivity index is 3.88. The molecule has 0 spiro atoms. The Morgan fingerprint density at radius 1 is 1.45 bits per heavy atom. The highest BCUT2D eigenvalue weighted by atomic mass is 79.9. The van der Waals surface area contributed by atoms with E-state index < -0.39 is 11.7 Å². The fraction of sp³-hybridized carbons (Fsp3) is 0.429. The second kappa shape index (κ2) is 4.59. The lowest BCUT2D eigenvalue weighted by atomic mass is 10.2. The van der Waals surface area contributed by atoms with Gasteiger partial charge in [0, 0.05) is 10.9 Å². The van der Waals surface area contributed by atoms with Crippen molar-refractivity contribution in [1.29, 1.82) is 0 Å². The SMILES string of the molecule is C=C(/C=C/CCBr)C(F)(F)F. The Morgan fingerprint density at radius 2 is 2.00 bits per heavy atom. The van der Waals surface area contributed by atoms with Crippen LogP contribution in [0.2, 0.25) is 0 Å². The Kier molecular flexibility index (Phi) is 4.49. The van der Waals surface area contributed by atoms with E-state index in [-0.39, 0.29) is 0 Å². The summed E-state index contributed by atoms with van der Waals surface area (Å²) in [5, 5.41) is 0.661. The molecule has 0 aromatic heterocycles. The van der Waals surface area contributed by atoms with Crippen LogP contribution in [0.25, 0.3) is 0 Å². The first-order valence-electron chi connectivity index (χ1n) is 2.97. The number of rotatable bonds is 3. The third-order valence-electron chi connectivity index (χ3n) is 0.959. The molecule has 0 bridgehead atoms. The van der Waals surface area contributed by atoms with Crippen LogP contribution in [0.4, 0.5) is 13.2 Å². The smallest absolute Gasteiger partial charge is 0.166 e. The number of alkyl halides is 4. The zero-order valence-electron chi connectivity index (χ0n) is 5.79. The molecule has 0 fully saturated rings. The number of halogens is 4. The predicted molar refractivity (Wildman–Crippen MR) is 42.7 cm³/mol. The summed E-state index contributed by atoms with van der Waals surface area (Å²) in [4.78, 5) is 0. The van der Waals surface area contributed by atoms with E-state index in [1.54, 1.807) is 0 Å². The Labute approximate surface area is 71.9 Å². The van der Waals surface area contributed by atoms with Crippen LogP contribution in [0, 0.1) is 0 Å². The third kappa shape index (κ3) is 5.07. The van der Waals surface area contributed by atoms with Gasteiger partial charge in [-0.15, -0.1) is 0 Å². The van der Waals surface area contributed by atoms with E-state index in [1.807, 2.05) is 0 Å². The minimum absolute atomic E-state index is 0.578. The standard InChI is InChI=1S/C7H8BrF3/c1-6(7(9,10)11)4-2-3-5-8/h2,4H,1,3,5H2/b4-2+. The van der Waals surface area contributed by atoms with Crippen molar-refractivity contribution in [2.45, 2.75) is 12.6 Å². The summed E-state index contributed by atoms with van der Waals surface area (Å²) in [5.41, 5.74) is -0.807. The number of allylic oxidation sites excluding steroid dienone is 3.